The van der Waals surface area contributed by atoms with E-state index in [4.69, 9.17) is 10.00 Å². The van der Waals surface area contributed by atoms with Gasteiger partial charge in [-0.2, -0.15) is 5.26 Å². The van der Waals surface area contributed by atoms with Gasteiger partial charge >= 0.3 is 5.97 Å². The molecule has 112 valence electrons. The average Bonchev–Trinajstić information content (AvgIpc) is 2.52. The van der Waals surface area contributed by atoms with Crippen molar-refractivity contribution in [3.05, 3.63) is 35.4 Å². The fourth-order valence-corrected chi connectivity index (χ4v) is 2.68. The summed E-state index contributed by atoms with van der Waals surface area (Å²) in [5.74, 6) is -0.201. The Bertz CT molecular complexity index is 521. The first-order valence-electron chi connectivity index (χ1n) is 7.18. The third kappa shape index (κ3) is 4.03. The third-order valence-corrected chi connectivity index (χ3v) is 3.83. The number of carbonyl (C=O) groups excluding carboxylic acids is 1. The molecule has 5 nitrogen and oxygen atoms in total. The lowest BCUT2D eigenvalue weighted by molar-refractivity contribution is -0.147. The molecule has 2 rings (SSSR count). The van der Waals surface area contributed by atoms with Crippen molar-refractivity contribution in [2.45, 2.75) is 25.4 Å². The lowest BCUT2D eigenvalue weighted by Gasteiger charge is -2.36. The molecule has 5 heteroatoms. The molecule has 1 heterocycles. The van der Waals surface area contributed by atoms with Crippen LogP contribution in [0.15, 0.2) is 24.3 Å². The van der Waals surface area contributed by atoms with Crippen LogP contribution in [-0.4, -0.2) is 49.7 Å². The topological polar surface area (TPSA) is 65.4 Å². The van der Waals surface area contributed by atoms with E-state index in [2.05, 4.69) is 23.2 Å². The van der Waals surface area contributed by atoms with Crippen LogP contribution in [0.5, 0.6) is 0 Å². The maximum absolute atomic E-state index is 12.1. The normalized spacial score (nSPS) is 20.5. The van der Waals surface area contributed by atoms with Crippen LogP contribution in [0, 0.1) is 11.3 Å². The van der Waals surface area contributed by atoms with Crippen molar-refractivity contribution in [2.75, 3.05) is 26.7 Å². The average molecular weight is 287 g/mol. The minimum absolute atomic E-state index is 0.201. The van der Waals surface area contributed by atoms with E-state index in [1.54, 1.807) is 12.1 Å². The zero-order chi connectivity index (χ0) is 15.2. The summed E-state index contributed by atoms with van der Waals surface area (Å²) in [4.78, 5) is 14.3. The van der Waals surface area contributed by atoms with E-state index in [9.17, 15) is 4.79 Å². The summed E-state index contributed by atoms with van der Waals surface area (Å²) >= 11 is 0. The van der Waals surface area contributed by atoms with Crippen LogP contribution in [0.25, 0.3) is 0 Å². The Morgan fingerprint density at radius 3 is 2.81 bits per heavy atom. The van der Waals surface area contributed by atoms with Gasteiger partial charge in [-0.05, 0) is 31.0 Å². The first-order chi connectivity index (χ1) is 10.1. The second-order valence-electron chi connectivity index (χ2n) is 5.40. The first-order valence-corrected chi connectivity index (χ1v) is 7.18. The number of rotatable bonds is 4. The van der Waals surface area contributed by atoms with Crippen LogP contribution in [0.4, 0.5) is 0 Å². The highest BCUT2D eigenvalue weighted by atomic mass is 16.5. The van der Waals surface area contributed by atoms with Crippen LogP contribution in [-0.2, 0) is 16.0 Å². The Balaban J connectivity index is 2.12. The van der Waals surface area contributed by atoms with Crippen LogP contribution in [0.3, 0.4) is 0 Å². The predicted molar refractivity (Wildman–Crippen MR) is 79.7 cm³/mol. The van der Waals surface area contributed by atoms with Crippen molar-refractivity contribution in [3.8, 4) is 6.07 Å². The number of hydrogen-bond acceptors (Lipinski definition) is 5. The Morgan fingerprint density at radius 2 is 2.24 bits per heavy atom. The first kappa shape index (κ1) is 15.5. The lowest BCUT2D eigenvalue weighted by atomic mass is 10.0. The zero-order valence-corrected chi connectivity index (χ0v) is 12.5. The van der Waals surface area contributed by atoms with Gasteiger partial charge in [-0.15, -0.1) is 0 Å². The van der Waals surface area contributed by atoms with Gasteiger partial charge in [-0.25, -0.2) is 0 Å². The molecular formula is C16H21N3O2. The Labute approximate surface area is 125 Å². The van der Waals surface area contributed by atoms with Gasteiger partial charge in [0.25, 0.3) is 0 Å². The Hall–Kier alpha value is -1.90. The molecule has 21 heavy (non-hydrogen) atoms. The standard InChI is InChI=1S/C16H21N3O2/c1-12-11-19(8-7-18-12)15(16(20)21-2)9-13-3-5-14(10-17)6-4-13/h3-6,12,15,18H,7-9,11H2,1-2H3/t12-,15-/m0/s1. The predicted octanol–water partition coefficient (Wildman–Crippen LogP) is 0.936. The molecule has 1 N–H and O–H groups in total. The number of ether oxygens (including phenoxy) is 1. The number of nitrogens with one attached hydrogen (secondary N) is 1. The molecule has 1 aromatic rings. The number of esters is 1. The Morgan fingerprint density at radius 1 is 1.52 bits per heavy atom. The Kier molecular flexibility index (Phi) is 5.32. The summed E-state index contributed by atoms with van der Waals surface area (Å²) in [6.45, 7) is 4.65. The molecule has 0 radical (unpaired) electrons. The van der Waals surface area contributed by atoms with Gasteiger partial charge in [0.2, 0.25) is 0 Å². The summed E-state index contributed by atoms with van der Waals surface area (Å²) < 4.78 is 4.96. The van der Waals surface area contributed by atoms with Gasteiger partial charge in [-0.1, -0.05) is 12.1 Å². The van der Waals surface area contributed by atoms with Gasteiger partial charge in [0.1, 0.15) is 6.04 Å². The molecule has 0 unspecified atom stereocenters. The van der Waals surface area contributed by atoms with Crippen LogP contribution >= 0.6 is 0 Å². The quantitative estimate of drug-likeness (QED) is 0.835. The lowest BCUT2D eigenvalue weighted by Crippen LogP contribution is -2.55. The highest BCUT2D eigenvalue weighted by Crippen LogP contribution is 2.14. The summed E-state index contributed by atoms with van der Waals surface area (Å²) in [5, 5.41) is 12.2. The van der Waals surface area contributed by atoms with Crippen LogP contribution in [0.2, 0.25) is 0 Å². The van der Waals surface area contributed by atoms with E-state index >= 15 is 0 Å². The summed E-state index contributed by atoms with van der Waals surface area (Å²) in [6.07, 6.45) is 0.602. The number of methoxy groups -OCH3 is 1. The monoisotopic (exact) mass is 287 g/mol. The van der Waals surface area contributed by atoms with Gasteiger partial charge in [-0.3, -0.25) is 9.69 Å². The fraction of sp³-hybridized carbons (Fsp3) is 0.500. The number of carbonyl (C=O) groups is 1. The molecule has 0 bridgehead atoms. The van der Waals surface area contributed by atoms with Gasteiger partial charge < -0.3 is 10.1 Å². The molecule has 0 amide bonds. The van der Waals surface area contributed by atoms with Crippen LogP contribution < -0.4 is 5.32 Å². The SMILES string of the molecule is COC(=O)[C@H](Cc1ccc(C#N)cc1)N1CCN[C@@H](C)C1. The molecule has 0 aromatic heterocycles. The second kappa shape index (κ2) is 7.21. The number of nitriles is 1. The molecule has 0 aliphatic carbocycles. The van der Waals surface area contributed by atoms with E-state index in [0.29, 0.717) is 18.0 Å². The van der Waals surface area contributed by atoms with Crippen molar-refractivity contribution in [1.82, 2.24) is 10.2 Å². The van der Waals surface area contributed by atoms with Gasteiger partial charge in [0, 0.05) is 25.7 Å². The summed E-state index contributed by atoms with van der Waals surface area (Å²) in [6, 6.07) is 9.57. The molecule has 1 fully saturated rings. The van der Waals surface area contributed by atoms with Crippen molar-refractivity contribution in [1.29, 1.82) is 5.26 Å². The number of nitrogens with zero attached hydrogens (tertiary/aromatic N) is 2. The largest absolute Gasteiger partial charge is 0.468 e. The molecule has 2 atom stereocenters. The van der Waals surface area contributed by atoms with E-state index in [-0.39, 0.29) is 12.0 Å². The van der Waals surface area contributed by atoms with Crippen molar-refractivity contribution < 1.29 is 9.53 Å². The molecule has 1 aliphatic rings. The van der Waals surface area contributed by atoms with Crippen molar-refractivity contribution >= 4 is 5.97 Å². The third-order valence-electron chi connectivity index (χ3n) is 3.83. The van der Waals surface area contributed by atoms with E-state index < -0.39 is 0 Å². The van der Waals surface area contributed by atoms with E-state index in [1.165, 1.54) is 7.11 Å². The fourth-order valence-electron chi connectivity index (χ4n) is 2.68. The molecule has 0 spiro atoms. The molecule has 1 saturated heterocycles. The zero-order valence-electron chi connectivity index (χ0n) is 12.5. The maximum Gasteiger partial charge on any atom is 0.323 e. The minimum atomic E-state index is -0.271. The van der Waals surface area contributed by atoms with Crippen molar-refractivity contribution in [2.24, 2.45) is 0 Å². The second-order valence-corrected chi connectivity index (χ2v) is 5.40. The van der Waals surface area contributed by atoms with Crippen molar-refractivity contribution in [3.63, 3.8) is 0 Å². The molecule has 0 saturated carbocycles. The summed E-state index contributed by atoms with van der Waals surface area (Å²) in [7, 11) is 1.43. The number of hydrogen-bond donors (Lipinski definition) is 1. The van der Waals surface area contributed by atoms with Gasteiger partial charge in [0.15, 0.2) is 0 Å². The number of piperazine rings is 1. The van der Waals surface area contributed by atoms with E-state index in [0.717, 1.165) is 25.2 Å². The number of benzene rings is 1. The summed E-state index contributed by atoms with van der Waals surface area (Å²) in [5.41, 5.74) is 1.67. The molecule has 1 aromatic carbocycles. The minimum Gasteiger partial charge on any atom is -0.468 e. The van der Waals surface area contributed by atoms with Crippen LogP contribution in [0.1, 0.15) is 18.1 Å². The molecular weight excluding hydrogens is 266 g/mol. The highest BCUT2D eigenvalue weighted by Gasteiger charge is 2.29. The molecule has 1 aliphatic heterocycles. The smallest absolute Gasteiger partial charge is 0.323 e. The van der Waals surface area contributed by atoms with Gasteiger partial charge in [0.05, 0.1) is 18.7 Å². The maximum atomic E-state index is 12.1. The van der Waals surface area contributed by atoms with E-state index in [1.807, 2.05) is 12.1 Å². The highest BCUT2D eigenvalue weighted by molar-refractivity contribution is 5.76.